The van der Waals surface area contributed by atoms with E-state index >= 15 is 0 Å². The first-order chi connectivity index (χ1) is 9.60. The number of nitrogens with zero attached hydrogens (tertiary/aromatic N) is 4. The van der Waals surface area contributed by atoms with Gasteiger partial charge in [-0.1, -0.05) is 6.92 Å². The van der Waals surface area contributed by atoms with E-state index in [-0.39, 0.29) is 5.82 Å². The number of aryl methyl sites for hydroxylation is 1. The largest absolute Gasteiger partial charge is 0.355 e. The summed E-state index contributed by atoms with van der Waals surface area (Å²) in [6.07, 6.45) is 5.04. The first-order valence-corrected chi connectivity index (χ1v) is 6.64. The van der Waals surface area contributed by atoms with Crippen LogP contribution in [0.25, 0.3) is 0 Å². The number of rotatable bonds is 6. The first kappa shape index (κ1) is 14.5. The Bertz CT molecular complexity index is 566. The predicted octanol–water partition coefficient (Wildman–Crippen LogP) is 1.70. The lowest BCUT2D eigenvalue weighted by Gasteiger charge is -2.20. The van der Waals surface area contributed by atoms with Gasteiger partial charge in [0.1, 0.15) is 11.6 Å². The molecule has 0 unspecified atom stereocenters. The Morgan fingerprint density at radius 1 is 1.40 bits per heavy atom. The van der Waals surface area contributed by atoms with Crippen LogP contribution in [0.3, 0.4) is 0 Å². The summed E-state index contributed by atoms with van der Waals surface area (Å²) in [5.74, 6) is 0.479. The fourth-order valence-corrected chi connectivity index (χ4v) is 2.11. The number of pyridine rings is 1. The SMILES string of the molecule is CCNCc1cc(F)cnc1N(C)Cc1cnn(C)c1. The van der Waals surface area contributed by atoms with Gasteiger partial charge in [0.15, 0.2) is 0 Å². The molecule has 0 saturated carbocycles. The average molecular weight is 277 g/mol. The molecule has 0 radical (unpaired) electrons. The van der Waals surface area contributed by atoms with Gasteiger partial charge in [-0.2, -0.15) is 5.10 Å². The van der Waals surface area contributed by atoms with Crippen molar-refractivity contribution in [2.45, 2.75) is 20.0 Å². The lowest BCUT2D eigenvalue weighted by molar-refractivity contribution is 0.613. The number of halogens is 1. The van der Waals surface area contributed by atoms with E-state index in [2.05, 4.69) is 15.4 Å². The number of nitrogens with one attached hydrogen (secondary N) is 1. The molecule has 0 fully saturated rings. The molecule has 2 heterocycles. The summed E-state index contributed by atoms with van der Waals surface area (Å²) in [4.78, 5) is 6.22. The van der Waals surface area contributed by atoms with Crippen molar-refractivity contribution in [2.75, 3.05) is 18.5 Å². The maximum atomic E-state index is 13.3. The van der Waals surface area contributed by atoms with E-state index in [1.54, 1.807) is 4.68 Å². The Morgan fingerprint density at radius 3 is 2.85 bits per heavy atom. The molecule has 5 nitrogen and oxygen atoms in total. The number of hydrogen-bond acceptors (Lipinski definition) is 4. The summed E-state index contributed by atoms with van der Waals surface area (Å²) in [6.45, 7) is 4.15. The fourth-order valence-electron chi connectivity index (χ4n) is 2.11. The van der Waals surface area contributed by atoms with E-state index in [1.165, 1.54) is 12.3 Å². The molecule has 0 aromatic carbocycles. The Kier molecular flexibility index (Phi) is 4.68. The molecule has 0 aliphatic rings. The summed E-state index contributed by atoms with van der Waals surface area (Å²) in [5.41, 5.74) is 1.95. The van der Waals surface area contributed by atoms with Crippen molar-refractivity contribution in [3.05, 3.63) is 41.6 Å². The summed E-state index contributed by atoms with van der Waals surface area (Å²) < 4.78 is 15.1. The van der Waals surface area contributed by atoms with Crippen LogP contribution in [-0.2, 0) is 20.1 Å². The monoisotopic (exact) mass is 277 g/mol. The second-order valence-electron chi connectivity index (χ2n) is 4.79. The molecule has 0 aliphatic heterocycles. The van der Waals surface area contributed by atoms with Gasteiger partial charge in [-0.15, -0.1) is 0 Å². The number of aromatic nitrogens is 3. The van der Waals surface area contributed by atoms with Crippen molar-refractivity contribution in [3.63, 3.8) is 0 Å². The highest BCUT2D eigenvalue weighted by Gasteiger charge is 2.11. The van der Waals surface area contributed by atoms with Crippen LogP contribution in [0.5, 0.6) is 0 Å². The molecule has 2 rings (SSSR count). The Labute approximate surface area is 118 Å². The van der Waals surface area contributed by atoms with Crippen molar-refractivity contribution >= 4 is 5.82 Å². The highest BCUT2D eigenvalue weighted by Crippen LogP contribution is 2.19. The van der Waals surface area contributed by atoms with E-state index in [4.69, 9.17) is 0 Å². The molecule has 0 amide bonds. The van der Waals surface area contributed by atoms with Crippen molar-refractivity contribution in [1.82, 2.24) is 20.1 Å². The molecule has 2 aromatic heterocycles. The second-order valence-corrected chi connectivity index (χ2v) is 4.79. The second kappa shape index (κ2) is 6.47. The molecule has 1 N–H and O–H groups in total. The van der Waals surface area contributed by atoms with Crippen LogP contribution in [0, 0.1) is 5.82 Å². The molecular weight excluding hydrogens is 257 g/mol. The van der Waals surface area contributed by atoms with E-state index in [0.29, 0.717) is 13.1 Å². The highest BCUT2D eigenvalue weighted by atomic mass is 19.1. The van der Waals surface area contributed by atoms with Crippen LogP contribution >= 0.6 is 0 Å². The number of hydrogen-bond donors (Lipinski definition) is 1. The number of anilines is 1. The van der Waals surface area contributed by atoms with Gasteiger partial charge in [0.05, 0.1) is 12.4 Å². The van der Waals surface area contributed by atoms with E-state index in [0.717, 1.165) is 23.5 Å². The van der Waals surface area contributed by atoms with Crippen molar-refractivity contribution in [2.24, 2.45) is 7.05 Å². The van der Waals surface area contributed by atoms with Gasteiger partial charge in [-0.3, -0.25) is 4.68 Å². The first-order valence-electron chi connectivity index (χ1n) is 6.64. The minimum absolute atomic E-state index is 0.309. The van der Waals surface area contributed by atoms with Gasteiger partial charge in [-0.05, 0) is 12.6 Å². The third kappa shape index (κ3) is 3.54. The lowest BCUT2D eigenvalue weighted by Crippen LogP contribution is -2.22. The average Bonchev–Trinajstić information content (AvgIpc) is 2.81. The molecule has 6 heteroatoms. The Morgan fingerprint density at radius 2 is 2.20 bits per heavy atom. The van der Waals surface area contributed by atoms with Gasteiger partial charge in [0.25, 0.3) is 0 Å². The van der Waals surface area contributed by atoms with Gasteiger partial charge < -0.3 is 10.2 Å². The van der Waals surface area contributed by atoms with Crippen molar-refractivity contribution in [3.8, 4) is 0 Å². The topological polar surface area (TPSA) is 46.0 Å². The maximum absolute atomic E-state index is 13.3. The minimum atomic E-state index is -0.309. The zero-order valence-corrected chi connectivity index (χ0v) is 12.1. The summed E-state index contributed by atoms with van der Waals surface area (Å²) >= 11 is 0. The van der Waals surface area contributed by atoms with Crippen molar-refractivity contribution in [1.29, 1.82) is 0 Å². The summed E-state index contributed by atoms with van der Waals surface area (Å²) in [5, 5.41) is 7.35. The highest BCUT2D eigenvalue weighted by molar-refractivity contribution is 5.46. The van der Waals surface area contributed by atoms with Crippen LogP contribution < -0.4 is 10.2 Å². The van der Waals surface area contributed by atoms with Gasteiger partial charge >= 0.3 is 0 Å². The quantitative estimate of drug-likeness (QED) is 0.873. The maximum Gasteiger partial charge on any atom is 0.141 e. The third-order valence-corrected chi connectivity index (χ3v) is 3.01. The van der Waals surface area contributed by atoms with Crippen LogP contribution in [-0.4, -0.2) is 28.4 Å². The third-order valence-electron chi connectivity index (χ3n) is 3.01. The molecular formula is C14H20FN5. The molecule has 2 aromatic rings. The van der Waals surface area contributed by atoms with Gasteiger partial charge in [0.2, 0.25) is 0 Å². The van der Waals surface area contributed by atoms with Crippen LogP contribution in [0.1, 0.15) is 18.1 Å². The summed E-state index contributed by atoms with van der Waals surface area (Å²) in [7, 11) is 3.83. The molecule has 0 atom stereocenters. The van der Waals surface area contributed by atoms with Gasteiger partial charge in [0, 0.05) is 44.5 Å². The molecule has 0 bridgehead atoms. The molecule has 0 spiro atoms. The molecule has 20 heavy (non-hydrogen) atoms. The molecule has 108 valence electrons. The minimum Gasteiger partial charge on any atom is -0.355 e. The van der Waals surface area contributed by atoms with Gasteiger partial charge in [-0.25, -0.2) is 9.37 Å². The van der Waals surface area contributed by atoms with Crippen LogP contribution in [0.15, 0.2) is 24.7 Å². The lowest BCUT2D eigenvalue weighted by atomic mass is 10.2. The van der Waals surface area contributed by atoms with Crippen LogP contribution in [0.2, 0.25) is 0 Å². The zero-order chi connectivity index (χ0) is 14.5. The van der Waals surface area contributed by atoms with E-state index < -0.39 is 0 Å². The van der Waals surface area contributed by atoms with E-state index in [9.17, 15) is 4.39 Å². The van der Waals surface area contributed by atoms with Crippen molar-refractivity contribution < 1.29 is 4.39 Å². The normalized spacial score (nSPS) is 10.8. The predicted molar refractivity (Wildman–Crippen MR) is 76.9 cm³/mol. The summed E-state index contributed by atoms with van der Waals surface area (Å²) in [6, 6.07) is 1.53. The molecule has 0 aliphatic carbocycles. The Hall–Kier alpha value is -1.95. The Balaban J connectivity index is 2.17. The van der Waals surface area contributed by atoms with E-state index in [1.807, 2.05) is 38.3 Å². The zero-order valence-electron chi connectivity index (χ0n) is 12.1. The smallest absolute Gasteiger partial charge is 0.141 e. The fraction of sp³-hybridized carbons (Fsp3) is 0.429. The van der Waals surface area contributed by atoms with Crippen LogP contribution in [0.4, 0.5) is 10.2 Å². The standard InChI is InChI=1S/C14H20FN5/c1-4-16-7-12-5-13(15)8-17-14(12)19(2)9-11-6-18-20(3)10-11/h5-6,8,10,16H,4,7,9H2,1-3H3. The molecule has 0 saturated heterocycles.